The number of rotatable bonds is 6. The van der Waals surface area contributed by atoms with Crippen LogP contribution in [0.3, 0.4) is 0 Å². The lowest BCUT2D eigenvalue weighted by Gasteiger charge is -2.18. The fourth-order valence-electron chi connectivity index (χ4n) is 3.65. The third-order valence-electron chi connectivity index (χ3n) is 5.13. The molecule has 0 radical (unpaired) electrons. The second-order valence-electron chi connectivity index (χ2n) is 8.32. The summed E-state index contributed by atoms with van der Waals surface area (Å²) in [6.07, 6.45) is 1.75. The summed E-state index contributed by atoms with van der Waals surface area (Å²) < 4.78 is 7.75. The molecule has 2 aromatic carbocycles. The molecule has 0 unspecified atom stereocenters. The van der Waals surface area contributed by atoms with Crippen LogP contribution in [0.25, 0.3) is 0 Å². The molecule has 3 aromatic rings. The number of benzene rings is 2. The molecule has 0 saturated heterocycles. The average molecular weight is 418 g/mol. The summed E-state index contributed by atoms with van der Waals surface area (Å²) in [6.45, 7) is 7.27. The van der Waals surface area contributed by atoms with Gasteiger partial charge in [-0.3, -0.25) is 14.3 Å². The second-order valence-corrected chi connectivity index (χ2v) is 8.32. The fourth-order valence-corrected chi connectivity index (χ4v) is 3.65. The third-order valence-corrected chi connectivity index (χ3v) is 5.13. The number of nitrogens with zero attached hydrogens (tertiary/aromatic N) is 3. The van der Waals surface area contributed by atoms with E-state index in [-0.39, 0.29) is 11.8 Å². The van der Waals surface area contributed by atoms with Gasteiger partial charge in [0.25, 0.3) is 11.8 Å². The molecule has 1 aromatic heterocycles. The van der Waals surface area contributed by atoms with Crippen molar-refractivity contribution in [2.75, 3.05) is 11.9 Å². The molecule has 0 spiro atoms. The summed E-state index contributed by atoms with van der Waals surface area (Å²) in [5.74, 6) is 1.54. The van der Waals surface area contributed by atoms with Crippen molar-refractivity contribution in [3.05, 3.63) is 70.9 Å². The van der Waals surface area contributed by atoms with Crippen molar-refractivity contribution in [3.8, 4) is 11.5 Å². The first-order valence-electron chi connectivity index (χ1n) is 10.3. The Bertz CT molecular complexity index is 1130. The molecule has 1 aliphatic rings. The van der Waals surface area contributed by atoms with Crippen LogP contribution in [-0.4, -0.2) is 33.0 Å². The van der Waals surface area contributed by atoms with Crippen molar-refractivity contribution in [1.82, 2.24) is 14.7 Å². The van der Waals surface area contributed by atoms with Crippen molar-refractivity contribution in [2.45, 2.75) is 27.3 Å². The predicted molar refractivity (Wildman–Crippen MR) is 118 cm³/mol. The Morgan fingerprint density at radius 2 is 1.94 bits per heavy atom. The highest BCUT2D eigenvalue weighted by Gasteiger charge is 2.32. The molecule has 0 saturated carbocycles. The molecular weight excluding hydrogens is 392 g/mol. The van der Waals surface area contributed by atoms with E-state index in [4.69, 9.17) is 4.74 Å². The zero-order valence-electron chi connectivity index (χ0n) is 18.2. The number of amides is 2. The van der Waals surface area contributed by atoms with Crippen LogP contribution in [0.4, 0.5) is 5.82 Å². The number of aryl methyl sites for hydroxylation is 2. The van der Waals surface area contributed by atoms with Crippen LogP contribution in [0, 0.1) is 12.8 Å². The lowest BCUT2D eigenvalue weighted by molar-refractivity contribution is 0.0759. The van der Waals surface area contributed by atoms with E-state index in [0.717, 1.165) is 11.1 Å². The number of hydrogen-bond acceptors (Lipinski definition) is 4. The SMILES string of the molecule is Cc1ccc(Oc2cc(C(=O)Nc3ccn(C)n3)cc3c2CN(CC(C)C)C3=O)cc1. The molecule has 4 rings (SSSR count). The first-order valence-corrected chi connectivity index (χ1v) is 10.3. The Kier molecular flexibility index (Phi) is 5.50. The van der Waals surface area contributed by atoms with E-state index in [1.165, 1.54) is 0 Å². The van der Waals surface area contributed by atoms with E-state index in [0.29, 0.717) is 47.5 Å². The molecule has 160 valence electrons. The highest BCUT2D eigenvalue weighted by Crippen LogP contribution is 2.36. The van der Waals surface area contributed by atoms with E-state index in [1.54, 1.807) is 41.0 Å². The molecule has 7 heteroatoms. The quantitative estimate of drug-likeness (QED) is 0.644. The number of fused-ring (bicyclic) bond motifs is 1. The van der Waals surface area contributed by atoms with E-state index >= 15 is 0 Å². The molecule has 1 N–H and O–H groups in total. The Morgan fingerprint density at radius 3 is 2.58 bits per heavy atom. The van der Waals surface area contributed by atoms with Gasteiger partial charge in [-0.2, -0.15) is 5.10 Å². The minimum atomic E-state index is -0.342. The third kappa shape index (κ3) is 4.45. The van der Waals surface area contributed by atoms with Crippen molar-refractivity contribution in [3.63, 3.8) is 0 Å². The Morgan fingerprint density at radius 1 is 1.19 bits per heavy atom. The molecule has 0 bridgehead atoms. The van der Waals surface area contributed by atoms with Gasteiger partial charge in [-0.1, -0.05) is 31.5 Å². The Hall–Kier alpha value is -3.61. The van der Waals surface area contributed by atoms with Crippen LogP contribution in [-0.2, 0) is 13.6 Å². The zero-order valence-corrected chi connectivity index (χ0v) is 18.2. The average Bonchev–Trinajstić information content (AvgIpc) is 3.26. The molecule has 2 heterocycles. The lowest BCUT2D eigenvalue weighted by Crippen LogP contribution is -2.27. The molecule has 0 fully saturated rings. The van der Waals surface area contributed by atoms with Crippen LogP contribution in [0.5, 0.6) is 11.5 Å². The largest absolute Gasteiger partial charge is 0.457 e. The number of aromatic nitrogens is 2. The standard InChI is InChI=1S/C24H26N4O3/c1-15(2)13-28-14-20-19(24(28)30)11-17(23(29)25-22-9-10-27(4)26-22)12-21(20)31-18-7-5-16(3)6-8-18/h5-12,15H,13-14H2,1-4H3,(H,25,26,29). The zero-order chi connectivity index (χ0) is 22.1. The first-order chi connectivity index (χ1) is 14.8. The summed E-state index contributed by atoms with van der Waals surface area (Å²) in [5.41, 5.74) is 2.79. The number of carbonyl (C=O) groups is 2. The van der Waals surface area contributed by atoms with Crippen molar-refractivity contribution < 1.29 is 14.3 Å². The maximum atomic E-state index is 13.0. The molecule has 0 aliphatic carbocycles. The maximum absolute atomic E-state index is 13.0. The van der Waals surface area contributed by atoms with E-state index in [2.05, 4.69) is 24.3 Å². The van der Waals surface area contributed by atoms with Crippen LogP contribution in [0.15, 0.2) is 48.7 Å². The Balaban J connectivity index is 1.70. The maximum Gasteiger partial charge on any atom is 0.257 e. The Labute approximate surface area is 181 Å². The van der Waals surface area contributed by atoms with E-state index in [1.807, 2.05) is 31.2 Å². The van der Waals surface area contributed by atoms with Gasteiger partial charge in [0.2, 0.25) is 0 Å². The lowest BCUT2D eigenvalue weighted by atomic mass is 10.0. The number of ether oxygens (including phenoxy) is 1. The second kappa shape index (κ2) is 8.26. The molecule has 0 atom stereocenters. The van der Waals surface area contributed by atoms with Gasteiger partial charge >= 0.3 is 0 Å². The van der Waals surface area contributed by atoms with Crippen molar-refractivity contribution in [2.24, 2.45) is 13.0 Å². The van der Waals surface area contributed by atoms with Gasteiger partial charge in [0.05, 0.1) is 6.54 Å². The van der Waals surface area contributed by atoms with Gasteiger partial charge in [-0.25, -0.2) is 0 Å². The summed E-state index contributed by atoms with van der Waals surface area (Å²) >= 11 is 0. The minimum Gasteiger partial charge on any atom is -0.457 e. The monoisotopic (exact) mass is 418 g/mol. The van der Waals surface area contributed by atoms with E-state index in [9.17, 15) is 9.59 Å². The highest BCUT2D eigenvalue weighted by atomic mass is 16.5. The molecular formula is C24H26N4O3. The number of hydrogen-bond donors (Lipinski definition) is 1. The molecule has 2 amide bonds. The number of carbonyl (C=O) groups excluding carboxylic acids is 2. The van der Waals surface area contributed by atoms with Gasteiger partial charge < -0.3 is 15.0 Å². The highest BCUT2D eigenvalue weighted by molar-refractivity contribution is 6.07. The van der Waals surface area contributed by atoms with E-state index < -0.39 is 0 Å². The summed E-state index contributed by atoms with van der Waals surface area (Å²) in [7, 11) is 1.78. The first kappa shape index (κ1) is 20.7. The summed E-state index contributed by atoms with van der Waals surface area (Å²) in [4.78, 5) is 27.7. The van der Waals surface area contributed by atoms with Crippen LogP contribution in [0.1, 0.15) is 45.7 Å². The summed E-state index contributed by atoms with van der Waals surface area (Å²) in [6, 6.07) is 12.7. The van der Waals surface area contributed by atoms with Gasteiger partial charge in [-0.15, -0.1) is 0 Å². The van der Waals surface area contributed by atoms with Gasteiger partial charge in [0, 0.05) is 42.5 Å². The fraction of sp³-hybridized carbons (Fsp3) is 0.292. The molecule has 7 nitrogen and oxygen atoms in total. The number of anilines is 1. The molecule has 31 heavy (non-hydrogen) atoms. The molecule has 1 aliphatic heterocycles. The van der Waals surface area contributed by atoms with Gasteiger partial charge in [0.1, 0.15) is 11.5 Å². The predicted octanol–water partition coefficient (Wildman–Crippen LogP) is 4.38. The van der Waals surface area contributed by atoms with Gasteiger partial charge in [0.15, 0.2) is 5.82 Å². The normalized spacial score (nSPS) is 12.9. The van der Waals surface area contributed by atoms with Crippen LogP contribution >= 0.6 is 0 Å². The van der Waals surface area contributed by atoms with Crippen LogP contribution in [0.2, 0.25) is 0 Å². The minimum absolute atomic E-state index is 0.0788. The summed E-state index contributed by atoms with van der Waals surface area (Å²) in [5, 5.41) is 6.96. The topological polar surface area (TPSA) is 76.5 Å². The van der Waals surface area contributed by atoms with Crippen molar-refractivity contribution in [1.29, 1.82) is 0 Å². The van der Waals surface area contributed by atoms with Crippen LogP contribution < -0.4 is 10.1 Å². The smallest absolute Gasteiger partial charge is 0.257 e. The van der Waals surface area contributed by atoms with Crippen molar-refractivity contribution >= 4 is 17.6 Å². The van der Waals surface area contributed by atoms with Gasteiger partial charge in [-0.05, 0) is 37.1 Å². The number of nitrogens with one attached hydrogen (secondary N) is 1.